The number of thioether (sulfide) groups is 1. The predicted molar refractivity (Wildman–Crippen MR) is 54.0 cm³/mol. The second-order valence-corrected chi connectivity index (χ2v) is 4.73. The average Bonchev–Trinajstić information content (AvgIpc) is 2.30. The molecule has 2 unspecified atom stereocenters. The van der Waals surface area contributed by atoms with E-state index in [1.165, 1.54) is 6.42 Å². The molecule has 0 aromatic heterocycles. The Morgan fingerprint density at radius 1 is 1.55 bits per heavy atom. The van der Waals surface area contributed by atoms with Gasteiger partial charge in [0, 0.05) is 5.25 Å². The lowest BCUT2D eigenvalue weighted by atomic mass is 9.92. The van der Waals surface area contributed by atoms with E-state index < -0.39 is 0 Å². The Morgan fingerprint density at radius 3 is 2.55 bits per heavy atom. The molecule has 11 heavy (non-hydrogen) atoms. The topological polar surface area (TPSA) is 0 Å². The molecule has 1 aliphatic rings. The lowest BCUT2D eigenvalue weighted by Gasteiger charge is -2.22. The molecule has 64 valence electrons. The zero-order chi connectivity index (χ0) is 8.43. The van der Waals surface area contributed by atoms with Gasteiger partial charge in [0.1, 0.15) is 0 Å². The van der Waals surface area contributed by atoms with Gasteiger partial charge in [0.05, 0.1) is 0 Å². The number of allylic oxidation sites excluding steroid dienone is 1. The van der Waals surface area contributed by atoms with Gasteiger partial charge in [0.25, 0.3) is 0 Å². The van der Waals surface area contributed by atoms with Crippen LogP contribution in [0.25, 0.3) is 0 Å². The van der Waals surface area contributed by atoms with E-state index in [0.717, 1.165) is 17.1 Å². The average molecular weight is 170 g/mol. The third-order valence-electron chi connectivity index (χ3n) is 2.66. The molecule has 1 heteroatoms. The van der Waals surface area contributed by atoms with Gasteiger partial charge in [-0.1, -0.05) is 25.5 Å². The van der Waals surface area contributed by atoms with Crippen molar-refractivity contribution in [3.63, 3.8) is 0 Å². The van der Waals surface area contributed by atoms with E-state index >= 15 is 0 Å². The number of hydrogen-bond donors (Lipinski definition) is 0. The molecule has 1 rings (SSSR count). The summed E-state index contributed by atoms with van der Waals surface area (Å²) in [5.74, 6) is 1.73. The van der Waals surface area contributed by atoms with Crippen LogP contribution in [0.2, 0.25) is 0 Å². The summed E-state index contributed by atoms with van der Waals surface area (Å²) in [6, 6.07) is 0. The molecule has 0 heterocycles. The smallest absolute Gasteiger partial charge is 0.0284 e. The molecular formula is C10H18S. The van der Waals surface area contributed by atoms with Crippen molar-refractivity contribution in [2.45, 2.75) is 32.4 Å². The Bertz CT molecular complexity index is 158. The van der Waals surface area contributed by atoms with Gasteiger partial charge in [0.2, 0.25) is 0 Å². The molecule has 0 nitrogen and oxygen atoms in total. The summed E-state index contributed by atoms with van der Waals surface area (Å²) in [7, 11) is 0. The summed E-state index contributed by atoms with van der Waals surface area (Å²) in [5.41, 5.74) is 1.59. The van der Waals surface area contributed by atoms with Crippen LogP contribution in [-0.2, 0) is 0 Å². The van der Waals surface area contributed by atoms with Crippen LogP contribution in [0.15, 0.2) is 11.6 Å². The van der Waals surface area contributed by atoms with Crippen molar-refractivity contribution in [3.8, 4) is 0 Å². The second kappa shape index (κ2) is 3.66. The van der Waals surface area contributed by atoms with Crippen molar-refractivity contribution < 1.29 is 0 Å². The molecule has 0 fully saturated rings. The highest BCUT2D eigenvalue weighted by Crippen LogP contribution is 2.37. The van der Waals surface area contributed by atoms with Crippen molar-refractivity contribution in [1.29, 1.82) is 0 Å². The molecule has 0 bridgehead atoms. The van der Waals surface area contributed by atoms with Gasteiger partial charge in [-0.3, -0.25) is 0 Å². The van der Waals surface area contributed by atoms with Crippen LogP contribution in [0.5, 0.6) is 0 Å². The van der Waals surface area contributed by atoms with E-state index in [1.807, 2.05) is 11.8 Å². The van der Waals surface area contributed by atoms with Gasteiger partial charge in [-0.15, -0.1) is 0 Å². The second-order valence-electron chi connectivity index (χ2n) is 3.75. The van der Waals surface area contributed by atoms with E-state index in [4.69, 9.17) is 0 Å². The Labute approximate surface area is 74.5 Å². The lowest BCUT2D eigenvalue weighted by molar-refractivity contribution is 0.413. The first kappa shape index (κ1) is 9.18. The maximum Gasteiger partial charge on any atom is 0.0284 e. The highest BCUT2D eigenvalue weighted by molar-refractivity contribution is 7.99. The molecule has 1 aliphatic carbocycles. The minimum Gasteiger partial charge on any atom is -0.157 e. The van der Waals surface area contributed by atoms with Crippen molar-refractivity contribution in [3.05, 3.63) is 11.6 Å². The number of rotatable bonds is 2. The summed E-state index contributed by atoms with van der Waals surface area (Å²) in [5, 5.41) is 0.801. The van der Waals surface area contributed by atoms with Gasteiger partial charge in [-0.2, -0.15) is 11.8 Å². The Hall–Kier alpha value is 0.0900. The largest absolute Gasteiger partial charge is 0.157 e. The molecule has 0 aliphatic heterocycles. The highest BCUT2D eigenvalue weighted by Gasteiger charge is 2.28. The zero-order valence-corrected chi connectivity index (χ0v) is 8.74. The van der Waals surface area contributed by atoms with E-state index in [1.54, 1.807) is 5.57 Å². The van der Waals surface area contributed by atoms with Crippen LogP contribution in [0.1, 0.15) is 27.2 Å². The Kier molecular flexibility index (Phi) is 3.06. The maximum atomic E-state index is 2.41. The van der Waals surface area contributed by atoms with Gasteiger partial charge >= 0.3 is 0 Å². The van der Waals surface area contributed by atoms with Gasteiger partial charge in [0.15, 0.2) is 0 Å². The fraction of sp³-hybridized carbons (Fsp3) is 0.800. The summed E-state index contributed by atoms with van der Waals surface area (Å²) < 4.78 is 0. The molecule has 0 radical (unpaired) electrons. The van der Waals surface area contributed by atoms with Crippen molar-refractivity contribution in [1.82, 2.24) is 0 Å². The first-order valence-corrected chi connectivity index (χ1v) is 5.65. The third kappa shape index (κ3) is 1.81. The van der Waals surface area contributed by atoms with Crippen molar-refractivity contribution >= 4 is 11.8 Å². The van der Waals surface area contributed by atoms with Gasteiger partial charge in [-0.25, -0.2) is 0 Å². The van der Waals surface area contributed by atoms with E-state index in [-0.39, 0.29) is 0 Å². The summed E-state index contributed by atoms with van der Waals surface area (Å²) in [4.78, 5) is 0. The molecule has 0 amide bonds. The highest BCUT2D eigenvalue weighted by atomic mass is 32.2. The monoisotopic (exact) mass is 170 g/mol. The Morgan fingerprint density at radius 2 is 2.18 bits per heavy atom. The van der Waals surface area contributed by atoms with Crippen LogP contribution in [-0.4, -0.2) is 11.5 Å². The van der Waals surface area contributed by atoms with Crippen molar-refractivity contribution in [2.75, 3.05) is 6.26 Å². The molecule has 0 aromatic rings. The quantitative estimate of drug-likeness (QED) is 0.573. The van der Waals surface area contributed by atoms with Crippen LogP contribution in [0, 0.1) is 11.8 Å². The fourth-order valence-corrected chi connectivity index (χ4v) is 3.12. The minimum absolute atomic E-state index is 0.801. The first-order valence-electron chi connectivity index (χ1n) is 4.36. The molecule has 2 atom stereocenters. The van der Waals surface area contributed by atoms with Crippen molar-refractivity contribution in [2.24, 2.45) is 11.8 Å². The number of hydrogen-bond acceptors (Lipinski definition) is 1. The van der Waals surface area contributed by atoms with E-state index in [0.29, 0.717) is 0 Å². The lowest BCUT2D eigenvalue weighted by Crippen LogP contribution is -2.18. The first-order chi connectivity index (χ1) is 5.16. The van der Waals surface area contributed by atoms with Crippen LogP contribution in [0.3, 0.4) is 0 Å². The third-order valence-corrected chi connectivity index (χ3v) is 3.89. The summed E-state index contributed by atoms with van der Waals surface area (Å²) in [6.07, 6.45) is 5.93. The molecule has 0 saturated carbocycles. The van der Waals surface area contributed by atoms with Crippen LogP contribution < -0.4 is 0 Å². The van der Waals surface area contributed by atoms with Crippen LogP contribution in [0.4, 0.5) is 0 Å². The summed E-state index contributed by atoms with van der Waals surface area (Å²) in [6.45, 7) is 6.93. The van der Waals surface area contributed by atoms with E-state index in [2.05, 4.69) is 33.1 Å². The van der Waals surface area contributed by atoms with Crippen LogP contribution >= 0.6 is 11.8 Å². The standard InChI is InChI=1S/C10H18S/c1-7(2)9-6-5-8(3)10(9)11-4/h5,7,9-10H,6H2,1-4H3. The Balaban J connectivity index is 2.61. The fourth-order valence-electron chi connectivity index (χ4n) is 1.88. The van der Waals surface area contributed by atoms with Gasteiger partial charge in [-0.05, 0) is 31.4 Å². The molecule has 0 aromatic carbocycles. The molecular weight excluding hydrogens is 152 g/mol. The minimum atomic E-state index is 0.801. The van der Waals surface area contributed by atoms with Gasteiger partial charge < -0.3 is 0 Å². The molecule has 0 N–H and O–H groups in total. The normalized spacial score (nSPS) is 31.2. The summed E-state index contributed by atoms with van der Waals surface area (Å²) >= 11 is 2.01. The van der Waals surface area contributed by atoms with E-state index in [9.17, 15) is 0 Å². The predicted octanol–water partition coefficient (Wildman–Crippen LogP) is 3.34. The SMILES string of the molecule is CSC1C(C)=CCC1C(C)C. The maximum absolute atomic E-state index is 2.41. The molecule has 0 saturated heterocycles. The zero-order valence-electron chi connectivity index (χ0n) is 7.92. The molecule has 0 spiro atoms.